The maximum absolute atomic E-state index is 12.9. The minimum absolute atomic E-state index is 0.0148. The molecular weight excluding hydrogens is 577 g/mol. The van der Waals surface area contributed by atoms with Crippen molar-refractivity contribution in [1.82, 2.24) is 14.2 Å². The predicted octanol–water partition coefficient (Wildman–Crippen LogP) is 4.65. The van der Waals surface area contributed by atoms with Crippen molar-refractivity contribution < 1.29 is 37.6 Å². The minimum Gasteiger partial charge on any atom is -0.382 e. The second kappa shape index (κ2) is 19.3. The van der Waals surface area contributed by atoms with Gasteiger partial charge in [-0.15, -0.1) is 0 Å². The van der Waals surface area contributed by atoms with Crippen LogP contribution in [0.2, 0.25) is 0 Å². The van der Waals surface area contributed by atoms with E-state index in [9.17, 15) is 9.59 Å². The molecule has 14 heteroatoms. The quantitative estimate of drug-likeness (QED) is 0.102. The van der Waals surface area contributed by atoms with Gasteiger partial charge in [0.1, 0.15) is 18.5 Å². The van der Waals surface area contributed by atoms with E-state index in [1.165, 1.54) is 6.33 Å². The molecule has 1 aromatic rings. The van der Waals surface area contributed by atoms with Crippen LogP contribution in [-0.2, 0) is 32.8 Å². The van der Waals surface area contributed by atoms with E-state index in [4.69, 9.17) is 34.6 Å². The predicted molar refractivity (Wildman–Crippen MR) is 164 cm³/mol. The number of Topliss-reactive ketones (excluding diaryl/α,β-unsaturated/α-hetero) is 2. The Morgan fingerprint density at radius 2 is 1.77 bits per heavy atom. The lowest BCUT2D eigenvalue weighted by Gasteiger charge is -2.36. The zero-order valence-electron chi connectivity index (χ0n) is 26.8. The fourth-order valence-corrected chi connectivity index (χ4v) is 5.97. The number of fused-ring (bicyclic) bond motifs is 1. The summed E-state index contributed by atoms with van der Waals surface area (Å²) < 4.78 is 39.1. The lowest BCUT2D eigenvalue weighted by atomic mass is 9.98. The zero-order chi connectivity index (χ0) is 31.9. The van der Waals surface area contributed by atoms with E-state index >= 15 is 0 Å². The molecule has 0 saturated carbocycles. The first-order valence-electron chi connectivity index (χ1n) is 14.6. The Balaban J connectivity index is 2.34. The summed E-state index contributed by atoms with van der Waals surface area (Å²) in [6.45, 7) is 20.7. The second-order valence-electron chi connectivity index (χ2n) is 11.0. The number of aliphatic imine (C=N–C) groups is 1. The third-order valence-electron chi connectivity index (χ3n) is 6.41. The summed E-state index contributed by atoms with van der Waals surface area (Å²) in [5, 5.41) is 0. The number of carbonyl (C=O) groups is 2. The first-order chi connectivity index (χ1) is 20.5. The Kier molecular flexibility index (Phi) is 16.6. The topological polar surface area (TPSA) is 127 Å². The van der Waals surface area contributed by atoms with Gasteiger partial charge < -0.3 is 32.8 Å². The van der Waals surface area contributed by atoms with Crippen molar-refractivity contribution in [1.29, 1.82) is 0 Å². The zero-order valence-corrected chi connectivity index (χ0v) is 27.7. The molecular formula is C29H48N5O8P. The normalized spacial score (nSPS) is 15.6. The van der Waals surface area contributed by atoms with Crippen LogP contribution in [0, 0.1) is 12.5 Å². The molecule has 1 aromatic heterocycles. The highest BCUT2D eigenvalue weighted by molar-refractivity contribution is 7.44. The number of methoxy groups -OCH3 is 2. The van der Waals surface area contributed by atoms with Gasteiger partial charge in [0.25, 0.3) is 8.53 Å². The largest absolute Gasteiger partial charge is 0.382 e. The smallest absolute Gasteiger partial charge is 0.259 e. The number of carbonyl (C=O) groups excluding carboxylic acids is 2. The van der Waals surface area contributed by atoms with Gasteiger partial charge in [-0.05, 0) is 27.7 Å². The molecule has 0 spiro atoms. The Bertz CT molecular complexity index is 1080. The van der Waals surface area contributed by atoms with Gasteiger partial charge in [0.05, 0.1) is 45.8 Å². The first kappa shape index (κ1) is 37.0. The average Bonchev–Trinajstić information content (AvgIpc) is 3.37. The molecule has 0 saturated heterocycles. The molecule has 0 aromatic carbocycles. The number of hydrogen-bond acceptors (Lipinski definition) is 11. The van der Waals surface area contributed by atoms with Gasteiger partial charge in [-0.25, -0.2) is 21.2 Å². The molecule has 0 N–H and O–H groups in total. The van der Waals surface area contributed by atoms with Crippen LogP contribution in [0.15, 0.2) is 11.3 Å². The van der Waals surface area contributed by atoms with E-state index in [1.54, 1.807) is 18.8 Å². The summed E-state index contributed by atoms with van der Waals surface area (Å²) in [6, 6.07) is 0.292. The number of ether oxygens (including phenoxy) is 4. The van der Waals surface area contributed by atoms with E-state index < -0.39 is 20.9 Å². The molecule has 2 rings (SSSR count). The van der Waals surface area contributed by atoms with E-state index in [0.717, 1.165) is 0 Å². The molecule has 0 bridgehead atoms. The monoisotopic (exact) mass is 625 g/mol. The van der Waals surface area contributed by atoms with Crippen LogP contribution in [0.25, 0.3) is 4.85 Å². The van der Waals surface area contributed by atoms with Crippen molar-refractivity contribution in [2.45, 2.75) is 78.8 Å². The number of aromatic nitrogens is 2. The minimum atomic E-state index is -1.49. The van der Waals surface area contributed by atoms with Crippen LogP contribution in [0.4, 0.5) is 5.82 Å². The van der Waals surface area contributed by atoms with Gasteiger partial charge in [0, 0.05) is 44.4 Å². The van der Waals surface area contributed by atoms with E-state index in [1.807, 2.05) is 13.8 Å². The molecule has 1 unspecified atom stereocenters. The van der Waals surface area contributed by atoms with Gasteiger partial charge in [-0.3, -0.25) is 14.2 Å². The van der Waals surface area contributed by atoms with Crippen molar-refractivity contribution in [3.63, 3.8) is 0 Å². The summed E-state index contributed by atoms with van der Waals surface area (Å²) >= 11 is 0. The van der Waals surface area contributed by atoms with Crippen molar-refractivity contribution in [2.75, 3.05) is 60.4 Å². The van der Waals surface area contributed by atoms with Crippen LogP contribution in [-0.4, -0.2) is 110 Å². The van der Waals surface area contributed by atoms with Crippen LogP contribution in [0.3, 0.4) is 0 Å². The Morgan fingerprint density at radius 3 is 2.37 bits per heavy atom. The number of hydrogen-bond donors (Lipinski definition) is 0. The van der Waals surface area contributed by atoms with Gasteiger partial charge in [0.15, 0.2) is 23.5 Å². The lowest BCUT2D eigenvalue weighted by molar-refractivity contribution is -0.126. The van der Waals surface area contributed by atoms with Crippen molar-refractivity contribution >= 4 is 31.6 Å². The van der Waals surface area contributed by atoms with E-state index in [-0.39, 0.29) is 81.1 Å². The number of rotatable bonds is 22. The van der Waals surface area contributed by atoms with E-state index in [0.29, 0.717) is 24.7 Å². The number of nitrogens with zero attached hydrogens (tertiary/aromatic N) is 5. The third-order valence-corrected chi connectivity index (χ3v) is 8.48. The maximum atomic E-state index is 12.9. The molecule has 2 heterocycles. The molecule has 242 valence electrons. The summed E-state index contributed by atoms with van der Waals surface area (Å²) in [6.07, 6.45) is 0.365. The summed E-state index contributed by atoms with van der Waals surface area (Å²) in [5.74, 6) is -0.0186. The fourth-order valence-electron chi connectivity index (χ4n) is 4.34. The van der Waals surface area contributed by atoms with Crippen LogP contribution >= 0.6 is 8.53 Å². The number of imidazole rings is 1. The fraction of sp³-hybridized carbons (Fsp3) is 0.759. The van der Waals surface area contributed by atoms with Crippen LogP contribution < -0.4 is 0 Å². The third kappa shape index (κ3) is 11.7. The standard InChI is InChI=1S/C29H48N5O8P/c1-20(2)25(35)14-23-15-26(36)28-29(32-23)33(19-31-28)27(18-39-13-12-37-8)42-24(16-38-9)17-41-43(40-11-10-30-7)34(21(3)4)22(5)6/h19-22,24,27H,10-18H2,1-6,8-9H3/t24-,27-,43?/m1/s1. The Morgan fingerprint density at radius 1 is 1.05 bits per heavy atom. The molecule has 0 radical (unpaired) electrons. The Labute approximate surface area is 257 Å². The molecule has 13 nitrogen and oxygen atoms in total. The molecule has 1 aliphatic rings. The van der Waals surface area contributed by atoms with Gasteiger partial charge in [-0.2, -0.15) is 0 Å². The highest BCUT2D eigenvalue weighted by atomic mass is 31.2. The Hall–Kier alpha value is -2.14. The highest BCUT2D eigenvalue weighted by Gasteiger charge is 2.32. The SMILES string of the molecule is [C-]#[N+]CCOP(OC[C@@H](COC)O[C@H](COCCOC)n1cnc2c1N=C(CC(=O)C(C)C)CC2=O)N(C(C)C)C(C)C. The highest BCUT2D eigenvalue weighted by Crippen LogP contribution is 2.46. The second-order valence-corrected chi connectivity index (χ2v) is 12.4. The maximum Gasteiger partial charge on any atom is 0.259 e. The van der Waals surface area contributed by atoms with Crippen LogP contribution in [0.5, 0.6) is 0 Å². The molecule has 0 amide bonds. The van der Waals surface area contributed by atoms with Crippen LogP contribution in [0.1, 0.15) is 71.1 Å². The number of ketones is 2. The molecule has 0 aliphatic carbocycles. The first-order valence-corrected chi connectivity index (χ1v) is 15.7. The van der Waals surface area contributed by atoms with Crippen molar-refractivity contribution in [2.24, 2.45) is 10.9 Å². The summed E-state index contributed by atoms with van der Waals surface area (Å²) in [4.78, 5) is 37.8. The summed E-state index contributed by atoms with van der Waals surface area (Å²) in [7, 11) is 1.67. The lowest BCUT2D eigenvalue weighted by Crippen LogP contribution is -2.36. The van der Waals surface area contributed by atoms with E-state index in [2.05, 4.69) is 47.2 Å². The van der Waals surface area contributed by atoms with Gasteiger partial charge >= 0.3 is 0 Å². The summed E-state index contributed by atoms with van der Waals surface area (Å²) in [5.41, 5.74) is 0.727. The molecule has 0 fully saturated rings. The van der Waals surface area contributed by atoms with Crippen molar-refractivity contribution in [3.8, 4) is 0 Å². The molecule has 43 heavy (non-hydrogen) atoms. The van der Waals surface area contributed by atoms with Gasteiger partial charge in [0.2, 0.25) is 6.54 Å². The average molecular weight is 626 g/mol. The molecule has 1 aliphatic heterocycles. The molecule has 3 atom stereocenters. The van der Waals surface area contributed by atoms with Crippen molar-refractivity contribution in [3.05, 3.63) is 23.4 Å². The van der Waals surface area contributed by atoms with Gasteiger partial charge in [-0.1, -0.05) is 13.8 Å².